The van der Waals surface area contributed by atoms with Gasteiger partial charge in [-0.05, 0) is 67.3 Å². The van der Waals surface area contributed by atoms with Gasteiger partial charge in [0.25, 0.3) is 11.8 Å². The number of benzene rings is 5. The summed E-state index contributed by atoms with van der Waals surface area (Å²) >= 11 is 1.39. The predicted octanol–water partition coefficient (Wildman–Crippen LogP) is 7.68. The van der Waals surface area contributed by atoms with Gasteiger partial charge < -0.3 is 16.0 Å². The van der Waals surface area contributed by atoms with Crippen LogP contribution in [0.2, 0.25) is 0 Å². The van der Waals surface area contributed by atoms with E-state index in [0.29, 0.717) is 11.3 Å². The number of fused-ring (bicyclic) bond motifs is 1. The van der Waals surface area contributed by atoms with E-state index in [0.717, 1.165) is 32.5 Å². The van der Waals surface area contributed by atoms with Crippen molar-refractivity contribution in [3.8, 4) is 0 Å². The minimum absolute atomic E-state index is 0.110. The van der Waals surface area contributed by atoms with E-state index in [4.69, 9.17) is 0 Å². The van der Waals surface area contributed by atoms with Crippen molar-refractivity contribution < 1.29 is 14.4 Å². The van der Waals surface area contributed by atoms with Gasteiger partial charge in [-0.2, -0.15) is 0 Å². The molecule has 0 aliphatic carbocycles. The summed E-state index contributed by atoms with van der Waals surface area (Å²) in [7, 11) is 0. The van der Waals surface area contributed by atoms with Crippen molar-refractivity contribution in [2.75, 3.05) is 10.6 Å². The molecule has 5 aromatic carbocycles. The fourth-order valence-electron chi connectivity index (χ4n) is 4.44. The van der Waals surface area contributed by atoms with Gasteiger partial charge in [-0.15, -0.1) is 11.8 Å². The highest BCUT2D eigenvalue weighted by Crippen LogP contribution is 2.28. The largest absolute Gasteiger partial charge is 0.325 e. The number of amides is 3. The van der Waals surface area contributed by atoms with Crippen LogP contribution in [0.25, 0.3) is 16.8 Å². The number of nitrogens with one attached hydrogen (secondary N) is 3. The summed E-state index contributed by atoms with van der Waals surface area (Å²) in [5.74, 6) is -0.971. The highest BCUT2D eigenvalue weighted by Gasteiger charge is 2.18. The third-order valence-corrected chi connectivity index (χ3v) is 7.83. The Morgan fingerprint density at radius 3 is 2.23 bits per heavy atom. The molecule has 5 aromatic rings. The fourth-order valence-corrected chi connectivity index (χ4v) is 5.37. The maximum absolute atomic E-state index is 13.4. The topological polar surface area (TPSA) is 87.3 Å². The molecule has 7 heteroatoms. The number of hydrogen-bond donors (Lipinski definition) is 3. The van der Waals surface area contributed by atoms with Crippen LogP contribution in [0.4, 0.5) is 11.4 Å². The second-order valence-electron chi connectivity index (χ2n) is 10.0. The SMILES string of the molecule is Cc1ccc(/C=C(/NC(=O)c2ccccc2)C(=O)Nc2cccc(SC(C)C(=O)Nc3cccc4ccccc34)c2)cc1. The lowest BCUT2D eigenvalue weighted by molar-refractivity contribution is -0.115. The highest BCUT2D eigenvalue weighted by molar-refractivity contribution is 8.00. The molecule has 3 N–H and O–H groups in total. The normalized spacial score (nSPS) is 11.9. The highest BCUT2D eigenvalue weighted by atomic mass is 32.2. The molecule has 0 saturated heterocycles. The number of carbonyl (C=O) groups is 3. The van der Waals surface area contributed by atoms with Crippen LogP contribution >= 0.6 is 11.8 Å². The number of rotatable bonds is 9. The molecular formula is C36H31N3O3S. The van der Waals surface area contributed by atoms with Crippen LogP contribution in [-0.2, 0) is 9.59 Å². The molecule has 1 atom stereocenters. The minimum Gasteiger partial charge on any atom is -0.325 e. The molecule has 0 radical (unpaired) electrons. The second kappa shape index (κ2) is 13.7. The molecule has 0 spiro atoms. The lowest BCUT2D eigenvalue weighted by Crippen LogP contribution is -2.30. The average Bonchev–Trinajstić information content (AvgIpc) is 3.02. The standard InChI is InChI=1S/C36H31N3O3S/c1-24-18-20-26(21-19-24)22-33(39-35(41)28-11-4-3-5-12-28)36(42)37-29-14-9-15-30(23-29)43-25(2)34(40)38-32-17-8-13-27-10-6-7-16-31(27)32/h3-23,25H,1-2H3,(H,37,42)(H,38,40)(H,39,41)/b33-22+. The zero-order valence-electron chi connectivity index (χ0n) is 23.8. The van der Waals surface area contributed by atoms with Gasteiger partial charge in [-0.1, -0.05) is 90.5 Å². The molecular weight excluding hydrogens is 554 g/mol. The maximum atomic E-state index is 13.4. The van der Waals surface area contributed by atoms with Crippen molar-refractivity contribution >= 4 is 57.7 Å². The van der Waals surface area contributed by atoms with Gasteiger partial charge in [-0.3, -0.25) is 14.4 Å². The first-order chi connectivity index (χ1) is 20.9. The van der Waals surface area contributed by atoms with E-state index in [1.165, 1.54) is 11.8 Å². The van der Waals surface area contributed by atoms with Crippen LogP contribution in [0, 0.1) is 6.92 Å². The Morgan fingerprint density at radius 2 is 1.44 bits per heavy atom. The Bertz CT molecular complexity index is 1800. The molecule has 0 aliphatic heterocycles. The molecule has 6 nitrogen and oxygen atoms in total. The number of carbonyl (C=O) groups excluding carboxylic acids is 3. The quantitative estimate of drug-likeness (QED) is 0.122. The summed E-state index contributed by atoms with van der Waals surface area (Å²) in [6.07, 6.45) is 1.65. The molecule has 0 aromatic heterocycles. The van der Waals surface area contributed by atoms with E-state index < -0.39 is 11.2 Å². The van der Waals surface area contributed by atoms with Crippen LogP contribution in [0.1, 0.15) is 28.4 Å². The molecule has 0 saturated carbocycles. The molecule has 0 heterocycles. The van der Waals surface area contributed by atoms with E-state index in [1.807, 2.05) is 105 Å². The Balaban J connectivity index is 1.29. The summed E-state index contributed by atoms with van der Waals surface area (Å²) in [6, 6.07) is 37.4. The van der Waals surface area contributed by atoms with Gasteiger partial charge in [0.2, 0.25) is 5.91 Å². The summed E-state index contributed by atoms with van der Waals surface area (Å²) < 4.78 is 0. The van der Waals surface area contributed by atoms with Crippen LogP contribution in [-0.4, -0.2) is 23.0 Å². The van der Waals surface area contributed by atoms with Crippen molar-refractivity contribution in [2.45, 2.75) is 24.0 Å². The van der Waals surface area contributed by atoms with E-state index in [9.17, 15) is 14.4 Å². The zero-order valence-corrected chi connectivity index (χ0v) is 24.7. The summed E-state index contributed by atoms with van der Waals surface area (Å²) in [5, 5.41) is 10.4. The van der Waals surface area contributed by atoms with Crippen LogP contribution in [0.15, 0.2) is 132 Å². The van der Waals surface area contributed by atoms with Crippen LogP contribution < -0.4 is 16.0 Å². The van der Waals surface area contributed by atoms with Gasteiger partial charge in [-0.25, -0.2) is 0 Å². The smallest absolute Gasteiger partial charge is 0.272 e. The Hall–Kier alpha value is -5.14. The summed E-state index contributed by atoms with van der Waals surface area (Å²) in [5.41, 5.74) is 3.73. The second-order valence-corrected chi connectivity index (χ2v) is 11.5. The third kappa shape index (κ3) is 7.78. The first kappa shape index (κ1) is 29.4. The van der Waals surface area contributed by atoms with Gasteiger partial charge in [0.1, 0.15) is 5.70 Å². The van der Waals surface area contributed by atoms with E-state index in [-0.39, 0.29) is 17.5 Å². The lowest BCUT2D eigenvalue weighted by Gasteiger charge is -2.15. The Morgan fingerprint density at radius 1 is 0.744 bits per heavy atom. The molecule has 5 rings (SSSR count). The lowest BCUT2D eigenvalue weighted by atomic mass is 10.1. The molecule has 3 amide bonds. The van der Waals surface area contributed by atoms with Gasteiger partial charge >= 0.3 is 0 Å². The molecule has 1 unspecified atom stereocenters. The van der Waals surface area contributed by atoms with E-state index in [2.05, 4.69) is 16.0 Å². The van der Waals surface area contributed by atoms with Gasteiger partial charge in [0.15, 0.2) is 0 Å². The van der Waals surface area contributed by atoms with Crippen molar-refractivity contribution in [1.29, 1.82) is 0 Å². The molecule has 43 heavy (non-hydrogen) atoms. The minimum atomic E-state index is -0.464. The molecule has 0 fully saturated rings. The monoisotopic (exact) mass is 585 g/mol. The third-order valence-electron chi connectivity index (χ3n) is 6.74. The number of aryl methyl sites for hydroxylation is 1. The van der Waals surface area contributed by atoms with E-state index in [1.54, 1.807) is 36.4 Å². The fraction of sp³-hybridized carbons (Fsp3) is 0.0833. The van der Waals surface area contributed by atoms with Gasteiger partial charge in [0.05, 0.1) is 5.25 Å². The van der Waals surface area contributed by atoms with Crippen molar-refractivity contribution in [3.63, 3.8) is 0 Å². The van der Waals surface area contributed by atoms with Crippen LogP contribution in [0.5, 0.6) is 0 Å². The number of anilines is 2. The van der Waals surface area contributed by atoms with Crippen molar-refractivity contribution in [3.05, 3.63) is 144 Å². The summed E-state index contributed by atoms with van der Waals surface area (Å²) in [4.78, 5) is 40.3. The zero-order chi connectivity index (χ0) is 30.2. The average molecular weight is 586 g/mol. The van der Waals surface area contributed by atoms with E-state index >= 15 is 0 Å². The molecule has 0 aliphatic rings. The maximum Gasteiger partial charge on any atom is 0.272 e. The number of thioether (sulfide) groups is 1. The molecule has 0 bridgehead atoms. The summed E-state index contributed by atoms with van der Waals surface area (Å²) in [6.45, 7) is 3.83. The number of hydrogen-bond acceptors (Lipinski definition) is 4. The predicted molar refractivity (Wildman–Crippen MR) is 176 cm³/mol. The van der Waals surface area contributed by atoms with Crippen molar-refractivity contribution in [1.82, 2.24) is 5.32 Å². The van der Waals surface area contributed by atoms with Crippen LogP contribution in [0.3, 0.4) is 0 Å². The molecule has 214 valence electrons. The van der Waals surface area contributed by atoms with Gasteiger partial charge in [0, 0.05) is 27.2 Å². The first-order valence-corrected chi connectivity index (χ1v) is 14.8. The first-order valence-electron chi connectivity index (χ1n) is 13.9. The Kier molecular flexibility index (Phi) is 9.34. The Labute approximate surface area is 255 Å². The van der Waals surface area contributed by atoms with Crippen molar-refractivity contribution in [2.24, 2.45) is 0 Å².